The molecular weight excluding hydrogens is 250 g/mol. The third kappa shape index (κ3) is 5.70. The number of pyridine rings is 1. The molecule has 1 aliphatic carbocycles. The Bertz CT molecular complexity index is 388. The van der Waals surface area contributed by atoms with E-state index in [0.29, 0.717) is 12.3 Å². The van der Waals surface area contributed by atoms with Gasteiger partial charge in [-0.15, -0.1) is 0 Å². The van der Waals surface area contributed by atoms with Crippen molar-refractivity contribution in [3.05, 3.63) is 30.1 Å². The summed E-state index contributed by atoms with van der Waals surface area (Å²) < 4.78 is 0. The molecule has 1 heterocycles. The lowest BCUT2D eigenvalue weighted by Crippen LogP contribution is -2.39. The van der Waals surface area contributed by atoms with Crippen molar-refractivity contribution in [3.8, 4) is 0 Å². The average molecular weight is 275 g/mol. The molecule has 2 N–H and O–H groups in total. The first kappa shape index (κ1) is 15.0. The van der Waals surface area contributed by atoms with Crippen LogP contribution in [0.5, 0.6) is 0 Å². The fraction of sp³-hybridized carbons (Fsp3) is 0.625. The molecule has 0 bridgehead atoms. The van der Waals surface area contributed by atoms with E-state index in [1.54, 1.807) is 6.20 Å². The highest BCUT2D eigenvalue weighted by Gasteiger charge is 2.16. The van der Waals surface area contributed by atoms with Crippen LogP contribution in [0.1, 0.15) is 50.5 Å². The first-order valence-corrected chi connectivity index (χ1v) is 7.75. The van der Waals surface area contributed by atoms with Gasteiger partial charge in [-0.1, -0.05) is 25.3 Å². The van der Waals surface area contributed by atoms with E-state index in [1.807, 2.05) is 12.3 Å². The van der Waals surface area contributed by atoms with Gasteiger partial charge in [0, 0.05) is 25.4 Å². The predicted octanol–water partition coefficient (Wildman–Crippen LogP) is 2.61. The van der Waals surface area contributed by atoms with E-state index < -0.39 is 0 Å². The van der Waals surface area contributed by atoms with Crippen molar-refractivity contribution >= 4 is 5.91 Å². The van der Waals surface area contributed by atoms with Gasteiger partial charge in [-0.05, 0) is 43.2 Å². The number of nitrogens with one attached hydrogen (secondary N) is 2. The van der Waals surface area contributed by atoms with E-state index in [1.165, 1.54) is 37.7 Å². The Morgan fingerprint density at radius 3 is 2.90 bits per heavy atom. The molecule has 1 aromatic rings. The topological polar surface area (TPSA) is 54.0 Å². The van der Waals surface area contributed by atoms with Crippen molar-refractivity contribution < 1.29 is 4.79 Å². The van der Waals surface area contributed by atoms with Crippen LogP contribution < -0.4 is 10.9 Å². The molecule has 0 radical (unpaired) electrons. The normalized spacial score (nSPS) is 16.0. The number of rotatable bonds is 7. The van der Waals surface area contributed by atoms with E-state index in [4.69, 9.17) is 0 Å². The summed E-state index contributed by atoms with van der Waals surface area (Å²) in [6, 6.07) is 4.03. The lowest BCUT2D eigenvalue weighted by atomic mass is 9.87. The lowest BCUT2D eigenvalue weighted by Gasteiger charge is -2.20. The Morgan fingerprint density at radius 1 is 1.30 bits per heavy atom. The molecule has 1 aromatic heterocycles. The van der Waals surface area contributed by atoms with Crippen LogP contribution in [0.4, 0.5) is 0 Å². The summed E-state index contributed by atoms with van der Waals surface area (Å²) in [4.78, 5) is 15.8. The van der Waals surface area contributed by atoms with Gasteiger partial charge in [0.25, 0.3) is 0 Å². The number of nitrogens with zero attached hydrogens (tertiary/aromatic N) is 1. The number of aromatic nitrogens is 1. The first-order valence-electron chi connectivity index (χ1n) is 7.75. The summed E-state index contributed by atoms with van der Waals surface area (Å²) in [5, 5.41) is 0. The van der Waals surface area contributed by atoms with Crippen molar-refractivity contribution in [3.63, 3.8) is 0 Å². The summed E-state index contributed by atoms with van der Waals surface area (Å²) in [5.74, 6) is 0.735. The highest BCUT2D eigenvalue weighted by molar-refractivity contribution is 5.75. The highest BCUT2D eigenvalue weighted by Crippen LogP contribution is 2.25. The second kappa shape index (κ2) is 8.69. The smallest absolute Gasteiger partial charge is 0.234 e. The molecular formula is C16H25N3O. The highest BCUT2D eigenvalue weighted by atomic mass is 16.2. The monoisotopic (exact) mass is 275 g/mol. The minimum absolute atomic E-state index is 0.137. The number of amides is 1. The summed E-state index contributed by atoms with van der Waals surface area (Å²) in [5.41, 5.74) is 7.08. The molecule has 0 aromatic carbocycles. The van der Waals surface area contributed by atoms with Gasteiger partial charge in [0.05, 0.1) is 0 Å². The van der Waals surface area contributed by atoms with Crippen LogP contribution in [-0.4, -0.2) is 17.4 Å². The SMILES string of the molecule is O=C(CC1CCCCC1)NNCCCc1cccnc1. The Hall–Kier alpha value is -1.42. The number of hydrogen-bond acceptors (Lipinski definition) is 3. The lowest BCUT2D eigenvalue weighted by molar-refractivity contribution is -0.123. The Labute approximate surface area is 121 Å². The molecule has 1 saturated carbocycles. The van der Waals surface area contributed by atoms with Gasteiger partial charge in [0.15, 0.2) is 0 Å². The quantitative estimate of drug-likeness (QED) is 0.594. The minimum atomic E-state index is 0.137. The van der Waals surface area contributed by atoms with E-state index >= 15 is 0 Å². The van der Waals surface area contributed by atoms with Crippen LogP contribution in [0.2, 0.25) is 0 Å². The third-order valence-electron chi connectivity index (χ3n) is 3.92. The van der Waals surface area contributed by atoms with Crippen molar-refractivity contribution in [2.24, 2.45) is 5.92 Å². The van der Waals surface area contributed by atoms with Gasteiger partial charge >= 0.3 is 0 Å². The van der Waals surface area contributed by atoms with Crippen LogP contribution >= 0.6 is 0 Å². The molecule has 0 unspecified atom stereocenters. The van der Waals surface area contributed by atoms with Crippen LogP contribution in [0, 0.1) is 5.92 Å². The second-order valence-corrected chi connectivity index (χ2v) is 5.65. The standard InChI is InChI=1S/C16H25N3O/c20-16(12-14-6-2-1-3-7-14)19-18-11-5-9-15-8-4-10-17-13-15/h4,8,10,13-14,18H,1-3,5-7,9,11-12H2,(H,19,20). The fourth-order valence-corrected chi connectivity index (χ4v) is 2.79. The number of hydrogen-bond donors (Lipinski definition) is 2. The zero-order valence-electron chi connectivity index (χ0n) is 12.1. The number of hydrazine groups is 1. The molecule has 4 heteroatoms. The molecule has 0 aliphatic heterocycles. The number of aryl methyl sites for hydroxylation is 1. The second-order valence-electron chi connectivity index (χ2n) is 5.65. The van der Waals surface area contributed by atoms with Gasteiger partial charge in [0.1, 0.15) is 0 Å². The van der Waals surface area contributed by atoms with Crippen LogP contribution in [0.3, 0.4) is 0 Å². The number of carbonyl (C=O) groups is 1. The molecule has 1 amide bonds. The van der Waals surface area contributed by atoms with E-state index in [0.717, 1.165) is 19.4 Å². The molecule has 0 spiro atoms. The van der Waals surface area contributed by atoms with Crippen molar-refractivity contribution in [1.82, 2.24) is 15.8 Å². The van der Waals surface area contributed by atoms with Crippen LogP contribution in [0.25, 0.3) is 0 Å². The summed E-state index contributed by atoms with van der Waals surface area (Å²) in [7, 11) is 0. The molecule has 1 fully saturated rings. The Balaban J connectivity index is 1.51. The molecule has 0 atom stereocenters. The van der Waals surface area contributed by atoms with E-state index in [2.05, 4.69) is 21.9 Å². The van der Waals surface area contributed by atoms with Crippen LogP contribution in [-0.2, 0) is 11.2 Å². The third-order valence-corrected chi connectivity index (χ3v) is 3.92. The predicted molar refractivity (Wildman–Crippen MR) is 79.9 cm³/mol. The summed E-state index contributed by atoms with van der Waals surface area (Å²) in [6.45, 7) is 0.797. The van der Waals surface area contributed by atoms with E-state index in [9.17, 15) is 4.79 Å². The van der Waals surface area contributed by atoms with Gasteiger partial charge < -0.3 is 0 Å². The molecule has 1 aliphatic rings. The van der Waals surface area contributed by atoms with Crippen LogP contribution in [0.15, 0.2) is 24.5 Å². The largest absolute Gasteiger partial charge is 0.292 e. The van der Waals surface area contributed by atoms with Gasteiger partial charge in [-0.3, -0.25) is 15.2 Å². The molecule has 110 valence electrons. The molecule has 20 heavy (non-hydrogen) atoms. The average Bonchev–Trinajstić information content (AvgIpc) is 2.49. The zero-order valence-corrected chi connectivity index (χ0v) is 12.1. The molecule has 0 saturated heterocycles. The van der Waals surface area contributed by atoms with Gasteiger partial charge in [-0.25, -0.2) is 5.43 Å². The van der Waals surface area contributed by atoms with Crippen molar-refractivity contribution in [1.29, 1.82) is 0 Å². The maximum absolute atomic E-state index is 11.8. The Morgan fingerprint density at radius 2 is 2.15 bits per heavy atom. The maximum atomic E-state index is 11.8. The zero-order chi connectivity index (χ0) is 14.0. The fourth-order valence-electron chi connectivity index (χ4n) is 2.79. The summed E-state index contributed by atoms with van der Waals surface area (Å²) >= 11 is 0. The van der Waals surface area contributed by atoms with Crippen molar-refractivity contribution in [2.45, 2.75) is 51.4 Å². The maximum Gasteiger partial charge on any atom is 0.234 e. The van der Waals surface area contributed by atoms with Gasteiger partial charge in [0.2, 0.25) is 5.91 Å². The summed E-state index contributed by atoms with van der Waals surface area (Å²) in [6.07, 6.45) is 12.7. The van der Waals surface area contributed by atoms with Gasteiger partial charge in [-0.2, -0.15) is 0 Å². The number of carbonyl (C=O) groups excluding carboxylic acids is 1. The van der Waals surface area contributed by atoms with E-state index in [-0.39, 0.29) is 5.91 Å². The first-order chi connectivity index (χ1) is 9.84. The van der Waals surface area contributed by atoms with Crippen molar-refractivity contribution in [2.75, 3.05) is 6.54 Å². The molecule has 2 rings (SSSR count). The Kier molecular flexibility index (Phi) is 6.51. The minimum Gasteiger partial charge on any atom is -0.292 e. The molecule has 4 nitrogen and oxygen atoms in total.